The maximum atomic E-state index is 12.5. The predicted molar refractivity (Wildman–Crippen MR) is 94.1 cm³/mol. The lowest BCUT2D eigenvalue weighted by atomic mass is 10.1. The molecule has 1 saturated heterocycles. The first-order chi connectivity index (χ1) is 12.2. The van der Waals surface area contributed by atoms with Crippen molar-refractivity contribution in [2.75, 3.05) is 31.5 Å². The summed E-state index contributed by atoms with van der Waals surface area (Å²) in [6, 6.07) is 17.8. The molecule has 0 saturated carbocycles. The van der Waals surface area contributed by atoms with Gasteiger partial charge >= 0.3 is 6.03 Å². The van der Waals surface area contributed by atoms with E-state index in [1.807, 2.05) is 36.4 Å². The van der Waals surface area contributed by atoms with E-state index in [-0.39, 0.29) is 11.9 Å². The van der Waals surface area contributed by atoms with E-state index in [2.05, 4.69) is 5.32 Å². The third-order valence-corrected chi connectivity index (χ3v) is 4.12. The summed E-state index contributed by atoms with van der Waals surface area (Å²) in [6.45, 7) is 1.89. The molecule has 6 heteroatoms. The van der Waals surface area contributed by atoms with E-state index in [0.717, 1.165) is 5.69 Å². The second-order valence-electron chi connectivity index (χ2n) is 5.77. The van der Waals surface area contributed by atoms with Gasteiger partial charge in [0.05, 0.1) is 11.6 Å². The van der Waals surface area contributed by atoms with Crippen molar-refractivity contribution in [1.82, 2.24) is 9.80 Å². The number of anilines is 1. The molecule has 0 spiro atoms. The molecule has 0 bridgehead atoms. The Kier molecular flexibility index (Phi) is 4.95. The van der Waals surface area contributed by atoms with E-state index in [0.29, 0.717) is 37.3 Å². The topological polar surface area (TPSA) is 76.4 Å². The van der Waals surface area contributed by atoms with Crippen LogP contribution in [0.4, 0.5) is 10.5 Å². The molecule has 0 aromatic heterocycles. The molecule has 1 aliphatic rings. The fraction of sp³-hybridized carbons (Fsp3) is 0.211. The highest BCUT2D eigenvalue weighted by molar-refractivity contribution is 5.95. The maximum Gasteiger partial charge on any atom is 0.321 e. The molecule has 0 aliphatic carbocycles. The summed E-state index contributed by atoms with van der Waals surface area (Å²) in [4.78, 5) is 28.2. The number of nitriles is 1. The van der Waals surface area contributed by atoms with Gasteiger partial charge in [-0.15, -0.1) is 0 Å². The highest BCUT2D eigenvalue weighted by Crippen LogP contribution is 2.12. The monoisotopic (exact) mass is 334 g/mol. The number of carbonyl (C=O) groups is 2. The molecule has 25 heavy (non-hydrogen) atoms. The van der Waals surface area contributed by atoms with Crippen LogP contribution in [0.1, 0.15) is 15.9 Å². The van der Waals surface area contributed by atoms with E-state index >= 15 is 0 Å². The normalized spacial score (nSPS) is 13.9. The van der Waals surface area contributed by atoms with Crippen molar-refractivity contribution in [2.45, 2.75) is 0 Å². The van der Waals surface area contributed by atoms with Crippen LogP contribution < -0.4 is 5.32 Å². The third-order valence-electron chi connectivity index (χ3n) is 4.12. The molecule has 1 heterocycles. The Morgan fingerprint density at radius 3 is 2.28 bits per heavy atom. The molecule has 2 aromatic carbocycles. The molecule has 126 valence electrons. The molecule has 0 atom stereocenters. The maximum absolute atomic E-state index is 12.5. The predicted octanol–water partition coefficient (Wildman–Crippen LogP) is 2.55. The van der Waals surface area contributed by atoms with Crippen LogP contribution in [0.2, 0.25) is 0 Å². The Bertz CT molecular complexity index is 806. The molecule has 6 nitrogen and oxygen atoms in total. The lowest BCUT2D eigenvalue weighted by Gasteiger charge is -2.34. The van der Waals surface area contributed by atoms with Crippen LogP contribution in [0.3, 0.4) is 0 Å². The Labute approximate surface area is 146 Å². The standard InChI is InChI=1S/C19H18N4O2/c20-14-15-5-4-6-16(13-15)18(24)22-9-11-23(12-10-22)19(25)21-17-7-2-1-3-8-17/h1-8,13H,9-12H2,(H,21,25). The molecule has 0 radical (unpaired) electrons. The number of amides is 3. The Hall–Kier alpha value is -3.33. The van der Waals surface area contributed by atoms with E-state index in [9.17, 15) is 9.59 Å². The van der Waals surface area contributed by atoms with Gasteiger partial charge < -0.3 is 15.1 Å². The number of nitrogens with one attached hydrogen (secondary N) is 1. The summed E-state index contributed by atoms with van der Waals surface area (Å²) in [6.07, 6.45) is 0. The number of nitrogens with zero attached hydrogens (tertiary/aromatic N) is 3. The second kappa shape index (κ2) is 7.49. The van der Waals surface area contributed by atoms with E-state index < -0.39 is 0 Å². The molecule has 1 fully saturated rings. The molecule has 3 amide bonds. The molecule has 1 N–H and O–H groups in total. The number of hydrogen-bond acceptors (Lipinski definition) is 3. The first-order valence-corrected chi connectivity index (χ1v) is 8.08. The van der Waals surface area contributed by atoms with E-state index in [1.165, 1.54) is 0 Å². The van der Waals surface area contributed by atoms with Crippen LogP contribution in [0.15, 0.2) is 54.6 Å². The van der Waals surface area contributed by atoms with E-state index in [4.69, 9.17) is 5.26 Å². The van der Waals surface area contributed by atoms with Gasteiger partial charge in [-0.05, 0) is 30.3 Å². The summed E-state index contributed by atoms with van der Waals surface area (Å²) >= 11 is 0. The van der Waals surface area contributed by atoms with Crippen LogP contribution in [0, 0.1) is 11.3 Å². The summed E-state index contributed by atoms with van der Waals surface area (Å²) in [5, 5.41) is 11.8. The Morgan fingerprint density at radius 2 is 1.60 bits per heavy atom. The minimum atomic E-state index is -0.162. The van der Waals surface area contributed by atoms with Crippen molar-refractivity contribution < 1.29 is 9.59 Å². The number of urea groups is 1. The van der Waals surface area contributed by atoms with Gasteiger partial charge in [-0.1, -0.05) is 24.3 Å². The van der Waals surface area contributed by atoms with Gasteiger partial charge in [0.15, 0.2) is 0 Å². The SMILES string of the molecule is N#Cc1cccc(C(=O)N2CCN(C(=O)Nc3ccccc3)CC2)c1. The molecule has 2 aromatic rings. The summed E-state index contributed by atoms with van der Waals surface area (Å²) in [7, 11) is 0. The van der Waals surface area contributed by atoms with Crippen molar-refractivity contribution in [3.63, 3.8) is 0 Å². The van der Waals surface area contributed by atoms with Crippen LogP contribution >= 0.6 is 0 Å². The quantitative estimate of drug-likeness (QED) is 0.917. The highest BCUT2D eigenvalue weighted by atomic mass is 16.2. The zero-order valence-electron chi connectivity index (χ0n) is 13.7. The first-order valence-electron chi connectivity index (χ1n) is 8.08. The van der Waals surface area contributed by atoms with Gasteiger partial charge in [0.25, 0.3) is 5.91 Å². The van der Waals surface area contributed by atoms with Crippen molar-refractivity contribution in [2.24, 2.45) is 0 Å². The molecular weight excluding hydrogens is 316 g/mol. The summed E-state index contributed by atoms with van der Waals surface area (Å²) in [5.41, 5.74) is 1.72. The van der Waals surface area contributed by atoms with Crippen molar-refractivity contribution in [3.05, 3.63) is 65.7 Å². The highest BCUT2D eigenvalue weighted by Gasteiger charge is 2.25. The van der Waals surface area contributed by atoms with Gasteiger partial charge in [0.1, 0.15) is 0 Å². The van der Waals surface area contributed by atoms with Crippen molar-refractivity contribution >= 4 is 17.6 Å². The summed E-state index contributed by atoms with van der Waals surface area (Å²) < 4.78 is 0. The molecule has 1 aliphatic heterocycles. The average Bonchev–Trinajstić information content (AvgIpc) is 2.68. The van der Waals surface area contributed by atoms with Gasteiger partial charge in [-0.3, -0.25) is 4.79 Å². The second-order valence-corrected chi connectivity index (χ2v) is 5.77. The van der Waals surface area contributed by atoms with Crippen LogP contribution in [0.5, 0.6) is 0 Å². The van der Waals surface area contributed by atoms with Crippen LogP contribution in [0.25, 0.3) is 0 Å². The molecule has 3 rings (SSSR count). The fourth-order valence-electron chi connectivity index (χ4n) is 2.74. The van der Waals surface area contributed by atoms with E-state index in [1.54, 1.807) is 34.1 Å². The van der Waals surface area contributed by atoms with Gasteiger partial charge in [-0.2, -0.15) is 5.26 Å². The van der Waals surface area contributed by atoms with Gasteiger partial charge in [-0.25, -0.2) is 4.79 Å². The zero-order chi connectivity index (χ0) is 17.6. The number of carbonyl (C=O) groups excluding carboxylic acids is 2. The van der Waals surface area contributed by atoms with Gasteiger partial charge in [0, 0.05) is 37.4 Å². The van der Waals surface area contributed by atoms with Crippen molar-refractivity contribution in [1.29, 1.82) is 5.26 Å². The minimum absolute atomic E-state index is 0.111. The Morgan fingerprint density at radius 1 is 0.920 bits per heavy atom. The number of piperazine rings is 1. The zero-order valence-corrected chi connectivity index (χ0v) is 13.7. The average molecular weight is 334 g/mol. The van der Waals surface area contributed by atoms with Crippen LogP contribution in [-0.2, 0) is 0 Å². The molecule has 0 unspecified atom stereocenters. The summed E-state index contributed by atoms with van der Waals surface area (Å²) in [5.74, 6) is -0.111. The third kappa shape index (κ3) is 3.96. The number of rotatable bonds is 2. The number of hydrogen-bond donors (Lipinski definition) is 1. The first kappa shape index (κ1) is 16.5. The minimum Gasteiger partial charge on any atom is -0.335 e. The smallest absolute Gasteiger partial charge is 0.321 e. The lowest BCUT2D eigenvalue weighted by molar-refractivity contribution is 0.0671. The van der Waals surface area contributed by atoms with Crippen LogP contribution in [-0.4, -0.2) is 47.9 Å². The lowest BCUT2D eigenvalue weighted by Crippen LogP contribution is -2.51. The van der Waals surface area contributed by atoms with Gasteiger partial charge in [0.2, 0.25) is 0 Å². The molecular formula is C19H18N4O2. The fourth-order valence-corrected chi connectivity index (χ4v) is 2.74. The van der Waals surface area contributed by atoms with Crippen molar-refractivity contribution in [3.8, 4) is 6.07 Å². The Balaban J connectivity index is 1.57. The number of para-hydroxylation sites is 1. The largest absolute Gasteiger partial charge is 0.335 e. The number of benzene rings is 2.